The van der Waals surface area contributed by atoms with Gasteiger partial charge in [-0.3, -0.25) is 0 Å². The first-order valence-electron chi connectivity index (χ1n) is 9.28. The second kappa shape index (κ2) is 6.82. The van der Waals surface area contributed by atoms with Crippen LogP contribution in [0.2, 0.25) is 0 Å². The van der Waals surface area contributed by atoms with Gasteiger partial charge in [0, 0.05) is 0 Å². The van der Waals surface area contributed by atoms with Gasteiger partial charge in [-0.1, -0.05) is 78.9 Å². The molecule has 2 heterocycles. The van der Waals surface area contributed by atoms with E-state index in [1.807, 2.05) is 71.8 Å². The van der Waals surface area contributed by atoms with E-state index >= 15 is 0 Å². The number of hydroxylamine groups is 1. The van der Waals surface area contributed by atoms with Crippen molar-refractivity contribution in [2.24, 2.45) is 0 Å². The SMILES string of the molecule is c1ccc([C@@H]2CO[C@]3(C[C@@H](c4ccccc4)N(c4ccccc4)O3)O2)cc1. The molecule has 3 aromatic rings. The van der Waals surface area contributed by atoms with Gasteiger partial charge in [0.15, 0.2) is 0 Å². The summed E-state index contributed by atoms with van der Waals surface area (Å²) in [6, 6.07) is 30.6. The maximum atomic E-state index is 6.31. The molecule has 0 amide bonds. The van der Waals surface area contributed by atoms with Gasteiger partial charge in [-0.25, -0.2) is 9.90 Å². The average molecular weight is 359 g/mol. The number of anilines is 1. The number of ether oxygens (including phenoxy) is 2. The summed E-state index contributed by atoms with van der Waals surface area (Å²) >= 11 is 0. The highest BCUT2D eigenvalue weighted by atomic mass is 17.0. The molecule has 0 aliphatic carbocycles. The van der Waals surface area contributed by atoms with Crippen LogP contribution in [0.4, 0.5) is 5.69 Å². The van der Waals surface area contributed by atoms with E-state index in [2.05, 4.69) is 24.3 Å². The predicted molar refractivity (Wildman–Crippen MR) is 103 cm³/mol. The zero-order valence-corrected chi connectivity index (χ0v) is 14.9. The summed E-state index contributed by atoms with van der Waals surface area (Å²) in [5, 5.41) is 1.92. The van der Waals surface area contributed by atoms with Crippen molar-refractivity contribution in [2.75, 3.05) is 11.7 Å². The molecule has 2 saturated heterocycles. The standard InChI is InChI=1S/C23H21NO3/c1-4-10-18(11-5-1)21-16-23(27-24(21)20-14-8-3-9-15-20)25-17-22(26-23)19-12-6-2-7-13-19/h1-15,21-22H,16-17H2/t21-,22-,23+/m0/s1. The first-order valence-corrected chi connectivity index (χ1v) is 9.28. The van der Waals surface area contributed by atoms with Crippen molar-refractivity contribution in [1.82, 2.24) is 0 Å². The molecule has 0 bridgehead atoms. The van der Waals surface area contributed by atoms with Crippen molar-refractivity contribution in [3.8, 4) is 0 Å². The number of rotatable bonds is 3. The van der Waals surface area contributed by atoms with Crippen LogP contribution in [0.15, 0.2) is 91.0 Å². The topological polar surface area (TPSA) is 30.9 Å². The van der Waals surface area contributed by atoms with E-state index in [-0.39, 0.29) is 12.1 Å². The van der Waals surface area contributed by atoms with Gasteiger partial charge in [-0.05, 0) is 23.3 Å². The Hall–Kier alpha value is -2.66. The van der Waals surface area contributed by atoms with Crippen molar-refractivity contribution < 1.29 is 14.3 Å². The van der Waals surface area contributed by atoms with Crippen LogP contribution in [-0.2, 0) is 14.3 Å². The summed E-state index contributed by atoms with van der Waals surface area (Å²) in [6.07, 6.45) is 0.480. The minimum atomic E-state index is -1.06. The Bertz CT molecular complexity index is 838. The maximum absolute atomic E-state index is 6.31. The first-order chi connectivity index (χ1) is 13.3. The van der Waals surface area contributed by atoms with Crippen molar-refractivity contribution in [2.45, 2.75) is 24.5 Å². The molecule has 2 aliphatic rings. The lowest BCUT2D eigenvalue weighted by Crippen LogP contribution is -2.31. The lowest BCUT2D eigenvalue weighted by Gasteiger charge is -2.25. The quantitative estimate of drug-likeness (QED) is 0.658. The number of benzene rings is 3. The molecule has 1 spiro atoms. The first kappa shape index (κ1) is 16.5. The molecule has 3 aromatic carbocycles. The maximum Gasteiger partial charge on any atom is 0.308 e. The van der Waals surface area contributed by atoms with Gasteiger partial charge in [0.2, 0.25) is 0 Å². The number of para-hydroxylation sites is 1. The fraction of sp³-hybridized carbons (Fsp3) is 0.217. The van der Waals surface area contributed by atoms with Gasteiger partial charge in [0.25, 0.3) is 0 Å². The highest BCUT2D eigenvalue weighted by Crippen LogP contribution is 2.49. The van der Waals surface area contributed by atoms with Crippen LogP contribution in [0, 0.1) is 0 Å². The number of hydrogen-bond acceptors (Lipinski definition) is 4. The zero-order chi connectivity index (χ0) is 18.1. The van der Waals surface area contributed by atoms with E-state index in [1.54, 1.807) is 0 Å². The Balaban J connectivity index is 1.46. The molecule has 2 fully saturated rings. The molecule has 0 saturated carbocycles. The third-order valence-electron chi connectivity index (χ3n) is 5.11. The second-order valence-electron chi connectivity index (χ2n) is 6.89. The summed E-state index contributed by atoms with van der Waals surface area (Å²) in [4.78, 5) is 6.30. The molecule has 0 aromatic heterocycles. The van der Waals surface area contributed by atoms with E-state index in [9.17, 15) is 0 Å². The van der Waals surface area contributed by atoms with Gasteiger partial charge in [-0.15, -0.1) is 0 Å². The smallest absolute Gasteiger partial charge is 0.308 e. The molecule has 2 aliphatic heterocycles. The van der Waals surface area contributed by atoms with E-state index in [0.717, 1.165) is 11.3 Å². The fourth-order valence-electron chi connectivity index (χ4n) is 3.78. The number of hydrogen-bond donors (Lipinski definition) is 0. The zero-order valence-electron chi connectivity index (χ0n) is 14.9. The van der Waals surface area contributed by atoms with Crippen molar-refractivity contribution in [3.63, 3.8) is 0 Å². The Morgan fingerprint density at radius 2 is 1.33 bits per heavy atom. The highest BCUT2D eigenvalue weighted by Gasteiger charge is 2.54. The molecule has 27 heavy (non-hydrogen) atoms. The van der Waals surface area contributed by atoms with Crippen LogP contribution in [-0.4, -0.2) is 12.6 Å². The van der Waals surface area contributed by atoms with Crippen molar-refractivity contribution in [3.05, 3.63) is 102 Å². The van der Waals surface area contributed by atoms with Crippen LogP contribution < -0.4 is 5.06 Å². The van der Waals surface area contributed by atoms with E-state index in [1.165, 1.54) is 5.56 Å². The second-order valence-corrected chi connectivity index (χ2v) is 6.89. The van der Waals surface area contributed by atoms with E-state index in [0.29, 0.717) is 13.0 Å². The molecule has 4 nitrogen and oxygen atoms in total. The Morgan fingerprint density at radius 1 is 0.741 bits per heavy atom. The van der Waals surface area contributed by atoms with Crippen LogP contribution in [0.1, 0.15) is 29.7 Å². The molecule has 0 radical (unpaired) electrons. The molecule has 0 N–H and O–H groups in total. The summed E-state index contributed by atoms with van der Waals surface area (Å²) in [5.74, 6) is -1.06. The molecule has 0 unspecified atom stereocenters. The van der Waals surface area contributed by atoms with Crippen LogP contribution >= 0.6 is 0 Å². The predicted octanol–water partition coefficient (Wildman–Crippen LogP) is 5.01. The van der Waals surface area contributed by atoms with Crippen LogP contribution in [0.25, 0.3) is 0 Å². The van der Waals surface area contributed by atoms with Crippen molar-refractivity contribution >= 4 is 5.69 Å². The summed E-state index contributed by atoms with van der Waals surface area (Å²) in [5.41, 5.74) is 3.26. The minimum absolute atomic E-state index is 0.0168. The molecule has 136 valence electrons. The summed E-state index contributed by atoms with van der Waals surface area (Å²) in [7, 11) is 0. The lowest BCUT2D eigenvalue weighted by atomic mass is 10.0. The molecule has 3 atom stereocenters. The van der Waals surface area contributed by atoms with Gasteiger partial charge >= 0.3 is 5.97 Å². The van der Waals surface area contributed by atoms with Crippen LogP contribution in [0.5, 0.6) is 0 Å². The van der Waals surface area contributed by atoms with Gasteiger partial charge < -0.3 is 9.47 Å². The van der Waals surface area contributed by atoms with Crippen LogP contribution in [0.3, 0.4) is 0 Å². The molecule has 5 rings (SSSR count). The average Bonchev–Trinajstić information content (AvgIpc) is 3.34. The highest BCUT2D eigenvalue weighted by molar-refractivity contribution is 5.47. The molecular formula is C23H21NO3. The lowest BCUT2D eigenvalue weighted by molar-refractivity contribution is -0.319. The third kappa shape index (κ3) is 3.12. The van der Waals surface area contributed by atoms with Gasteiger partial charge in [0.05, 0.1) is 24.8 Å². The van der Waals surface area contributed by atoms with E-state index < -0.39 is 5.97 Å². The summed E-state index contributed by atoms with van der Waals surface area (Å²) in [6.45, 7) is 0.480. The van der Waals surface area contributed by atoms with Gasteiger partial charge in [0.1, 0.15) is 6.10 Å². The molecule has 4 heteroatoms. The van der Waals surface area contributed by atoms with E-state index in [4.69, 9.17) is 14.3 Å². The Labute approximate surface area is 158 Å². The monoisotopic (exact) mass is 359 g/mol. The summed E-state index contributed by atoms with van der Waals surface area (Å²) < 4.78 is 12.4. The third-order valence-corrected chi connectivity index (χ3v) is 5.11. The number of nitrogens with zero attached hydrogens (tertiary/aromatic N) is 1. The van der Waals surface area contributed by atoms with Gasteiger partial charge in [-0.2, -0.15) is 0 Å². The Morgan fingerprint density at radius 3 is 2.00 bits per heavy atom. The van der Waals surface area contributed by atoms with Crippen molar-refractivity contribution in [1.29, 1.82) is 0 Å². The normalized spacial score (nSPS) is 27.3. The fourth-order valence-corrected chi connectivity index (χ4v) is 3.78. The minimum Gasteiger partial charge on any atom is -0.323 e. The Kier molecular flexibility index (Phi) is 4.17. The largest absolute Gasteiger partial charge is 0.323 e. The molecular weight excluding hydrogens is 338 g/mol.